The second-order valence-corrected chi connectivity index (χ2v) is 6.84. The van der Waals surface area contributed by atoms with E-state index in [1.54, 1.807) is 0 Å². The highest BCUT2D eigenvalue weighted by Gasteiger charge is 2.37. The van der Waals surface area contributed by atoms with Crippen LogP contribution in [0.15, 0.2) is 48.5 Å². The number of ketones is 1. The number of aliphatic carboxylic acids is 1. The summed E-state index contributed by atoms with van der Waals surface area (Å²) >= 11 is 0. The number of carbonyl (C=O) groups excluding carboxylic acids is 2. The molecule has 1 N–H and O–H groups in total. The highest BCUT2D eigenvalue weighted by Crippen LogP contribution is 2.44. The molecule has 2 aliphatic rings. The Morgan fingerprint density at radius 1 is 1.04 bits per heavy atom. The number of carboxylic acid groups (broad SMARTS) is 1. The summed E-state index contributed by atoms with van der Waals surface area (Å²) in [4.78, 5) is 36.6. The van der Waals surface area contributed by atoms with E-state index >= 15 is 0 Å². The molecule has 1 heterocycles. The Kier molecular flexibility index (Phi) is 4.39. The minimum atomic E-state index is -1.18. The van der Waals surface area contributed by atoms with Gasteiger partial charge >= 0.3 is 12.1 Å². The summed E-state index contributed by atoms with van der Waals surface area (Å²) in [7, 11) is 0. The number of benzene rings is 2. The Labute approximate surface area is 156 Å². The lowest BCUT2D eigenvalue weighted by atomic mass is 9.98. The van der Waals surface area contributed by atoms with Crippen LogP contribution in [0.25, 0.3) is 11.1 Å². The number of hydrogen-bond acceptors (Lipinski definition) is 4. The second-order valence-electron chi connectivity index (χ2n) is 6.84. The van der Waals surface area contributed by atoms with E-state index in [0.29, 0.717) is 0 Å². The van der Waals surface area contributed by atoms with Gasteiger partial charge in [0.25, 0.3) is 0 Å². The molecule has 1 saturated heterocycles. The number of likely N-dealkylation sites (tertiary alicyclic amines) is 1. The van der Waals surface area contributed by atoms with Gasteiger partial charge in [0.1, 0.15) is 18.4 Å². The van der Waals surface area contributed by atoms with Gasteiger partial charge in [-0.05, 0) is 22.3 Å². The first-order valence-corrected chi connectivity index (χ1v) is 8.92. The molecule has 0 bridgehead atoms. The van der Waals surface area contributed by atoms with Crippen molar-refractivity contribution >= 4 is 17.8 Å². The summed E-state index contributed by atoms with van der Waals surface area (Å²) in [5.41, 5.74) is 4.44. The first-order chi connectivity index (χ1) is 13.1. The van der Waals surface area contributed by atoms with Gasteiger partial charge < -0.3 is 9.84 Å². The molecular weight excluding hydrogens is 346 g/mol. The van der Waals surface area contributed by atoms with Crippen molar-refractivity contribution in [3.8, 4) is 11.1 Å². The largest absolute Gasteiger partial charge is 0.480 e. The zero-order valence-corrected chi connectivity index (χ0v) is 14.6. The van der Waals surface area contributed by atoms with Crippen LogP contribution in [0, 0.1) is 0 Å². The Hall–Kier alpha value is -3.15. The van der Waals surface area contributed by atoms with Crippen LogP contribution in [0.1, 0.15) is 29.9 Å². The topological polar surface area (TPSA) is 83.9 Å². The number of piperidine rings is 1. The average Bonchev–Trinajstić information content (AvgIpc) is 3.00. The molecule has 1 aliphatic heterocycles. The minimum absolute atomic E-state index is 0.0759. The van der Waals surface area contributed by atoms with E-state index in [-0.39, 0.29) is 37.7 Å². The Bertz CT molecular complexity index is 877. The average molecular weight is 365 g/mol. The van der Waals surface area contributed by atoms with Crippen LogP contribution in [0.5, 0.6) is 0 Å². The van der Waals surface area contributed by atoms with Gasteiger partial charge in [-0.15, -0.1) is 0 Å². The van der Waals surface area contributed by atoms with Gasteiger partial charge in [-0.3, -0.25) is 9.69 Å². The third kappa shape index (κ3) is 3.07. The Morgan fingerprint density at radius 2 is 1.63 bits per heavy atom. The first-order valence-electron chi connectivity index (χ1n) is 8.92. The standard InChI is InChI=1S/C21H19NO5/c23-13-9-10-22(19(11-13)20(24)25)21(26)27-12-18-16-7-3-1-5-14(16)15-6-2-4-8-17(15)18/h1-8,18-19H,9-12H2,(H,24,25)/t19-/m0/s1. The van der Waals surface area contributed by atoms with Crippen molar-refractivity contribution in [2.24, 2.45) is 0 Å². The van der Waals surface area contributed by atoms with Crippen LogP contribution in [-0.2, 0) is 14.3 Å². The molecule has 1 fully saturated rings. The maximum Gasteiger partial charge on any atom is 0.410 e. The van der Waals surface area contributed by atoms with Gasteiger partial charge in [0.15, 0.2) is 0 Å². The molecule has 2 aromatic carbocycles. The zero-order valence-electron chi connectivity index (χ0n) is 14.6. The molecule has 6 heteroatoms. The van der Waals surface area contributed by atoms with Crippen LogP contribution < -0.4 is 0 Å². The highest BCUT2D eigenvalue weighted by molar-refractivity contribution is 5.90. The molecular formula is C21H19NO5. The molecule has 0 spiro atoms. The lowest BCUT2D eigenvalue weighted by Crippen LogP contribution is -2.50. The van der Waals surface area contributed by atoms with Gasteiger partial charge in [-0.25, -0.2) is 9.59 Å². The van der Waals surface area contributed by atoms with Crippen molar-refractivity contribution < 1.29 is 24.2 Å². The summed E-state index contributed by atoms with van der Waals surface area (Å²) in [6, 6.07) is 14.9. The van der Waals surface area contributed by atoms with Crippen molar-refractivity contribution in [3.63, 3.8) is 0 Å². The van der Waals surface area contributed by atoms with Crippen molar-refractivity contribution in [1.29, 1.82) is 0 Å². The summed E-state index contributed by atoms with van der Waals surface area (Å²) in [5, 5.41) is 9.31. The number of rotatable bonds is 3. The zero-order chi connectivity index (χ0) is 19.0. The fourth-order valence-corrected chi connectivity index (χ4v) is 3.94. The molecule has 0 radical (unpaired) electrons. The van der Waals surface area contributed by atoms with Crippen LogP contribution in [-0.4, -0.2) is 47.0 Å². The van der Waals surface area contributed by atoms with E-state index in [1.165, 1.54) is 0 Å². The van der Waals surface area contributed by atoms with Crippen LogP contribution in [0.3, 0.4) is 0 Å². The number of nitrogens with zero attached hydrogens (tertiary/aromatic N) is 1. The molecule has 0 unspecified atom stereocenters. The van der Waals surface area contributed by atoms with E-state index in [9.17, 15) is 19.5 Å². The summed E-state index contributed by atoms with van der Waals surface area (Å²) < 4.78 is 5.51. The fraction of sp³-hybridized carbons (Fsp3) is 0.286. The van der Waals surface area contributed by atoms with Crippen molar-refractivity contribution in [2.75, 3.05) is 13.2 Å². The smallest absolute Gasteiger partial charge is 0.410 e. The molecule has 1 atom stereocenters. The normalized spacial score (nSPS) is 18.7. The van der Waals surface area contributed by atoms with E-state index < -0.39 is 18.1 Å². The number of carboxylic acids is 1. The van der Waals surface area contributed by atoms with Gasteiger partial charge in [0.2, 0.25) is 0 Å². The van der Waals surface area contributed by atoms with E-state index in [4.69, 9.17) is 4.74 Å². The van der Waals surface area contributed by atoms with Crippen molar-refractivity contribution in [1.82, 2.24) is 4.90 Å². The summed E-state index contributed by atoms with van der Waals surface area (Å²) in [6.07, 6.45) is -0.690. The van der Waals surface area contributed by atoms with E-state index in [1.807, 2.05) is 48.5 Å². The molecule has 4 rings (SSSR count). The van der Waals surface area contributed by atoms with E-state index in [2.05, 4.69) is 0 Å². The van der Waals surface area contributed by atoms with Gasteiger partial charge in [-0.1, -0.05) is 48.5 Å². The highest BCUT2D eigenvalue weighted by atomic mass is 16.6. The van der Waals surface area contributed by atoms with Crippen LogP contribution in [0.2, 0.25) is 0 Å². The van der Waals surface area contributed by atoms with Crippen LogP contribution >= 0.6 is 0 Å². The summed E-state index contributed by atoms with van der Waals surface area (Å²) in [5.74, 6) is -1.42. The minimum Gasteiger partial charge on any atom is -0.480 e. The second kappa shape index (κ2) is 6.87. The number of amides is 1. The Balaban J connectivity index is 1.53. The molecule has 138 valence electrons. The maximum atomic E-state index is 12.5. The molecule has 1 amide bonds. The number of fused-ring (bicyclic) bond motifs is 3. The van der Waals surface area contributed by atoms with Crippen LogP contribution in [0.4, 0.5) is 4.79 Å². The molecule has 0 saturated carbocycles. The summed E-state index contributed by atoms with van der Waals surface area (Å²) in [6.45, 7) is 0.204. The quantitative estimate of drug-likeness (QED) is 0.904. The van der Waals surface area contributed by atoms with Gasteiger partial charge in [-0.2, -0.15) is 0 Å². The fourth-order valence-electron chi connectivity index (χ4n) is 3.94. The molecule has 27 heavy (non-hydrogen) atoms. The van der Waals surface area contributed by atoms with Gasteiger partial charge in [0.05, 0.1) is 0 Å². The molecule has 0 aromatic heterocycles. The lowest BCUT2D eigenvalue weighted by Gasteiger charge is -2.31. The van der Waals surface area contributed by atoms with Crippen molar-refractivity contribution in [3.05, 3.63) is 59.7 Å². The predicted octanol–water partition coefficient (Wildman–Crippen LogP) is 3.05. The number of ether oxygens (including phenoxy) is 1. The van der Waals surface area contributed by atoms with Crippen molar-refractivity contribution in [2.45, 2.75) is 24.8 Å². The number of carbonyl (C=O) groups is 3. The third-order valence-corrected chi connectivity index (χ3v) is 5.28. The molecule has 1 aliphatic carbocycles. The predicted molar refractivity (Wildman–Crippen MR) is 97.4 cm³/mol. The first kappa shape index (κ1) is 17.3. The number of Topliss-reactive ketones (excluding diaryl/α,β-unsaturated/α-hetero) is 1. The number of hydrogen-bond donors (Lipinski definition) is 1. The van der Waals surface area contributed by atoms with E-state index in [0.717, 1.165) is 27.2 Å². The monoisotopic (exact) mass is 365 g/mol. The van der Waals surface area contributed by atoms with Gasteiger partial charge in [0, 0.05) is 25.3 Å². The third-order valence-electron chi connectivity index (χ3n) is 5.28. The lowest BCUT2D eigenvalue weighted by molar-refractivity contribution is -0.146. The SMILES string of the molecule is O=C1CCN(C(=O)OCC2c3ccccc3-c3ccccc32)[C@H](C(=O)O)C1. The maximum absolute atomic E-state index is 12.5. The Morgan fingerprint density at radius 3 is 2.22 bits per heavy atom. The molecule has 6 nitrogen and oxygen atoms in total. The molecule has 2 aromatic rings.